The Morgan fingerprint density at radius 3 is 1.82 bits per heavy atom. The number of phosphoric acid groups is 1. The van der Waals surface area contributed by atoms with Gasteiger partial charge in [-0.05, 0) is 31.6 Å². The topological polar surface area (TPSA) is 206 Å². The summed E-state index contributed by atoms with van der Waals surface area (Å²) in [5.41, 5.74) is 0. The van der Waals surface area contributed by atoms with Crippen molar-refractivity contribution in [3.05, 3.63) is 12.2 Å². The van der Waals surface area contributed by atoms with Crippen LogP contribution in [0.4, 0.5) is 0 Å². The molecular formula is C46H85O13P. The first kappa shape index (κ1) is 56.3. The lowest BCUT2D eigenvalue weighted by molar-refractivity contribution is -0.161. The molecular weight excluding hydrogens is 791 g/mol. The molecule has 1 saturated carbocycles. The number of rotatable bonds is 40. The highest BCUT2D eigenvalue weighted by Gasteiger charge is 2.39. The van der Waals surface area contributed by atoms with Crippen LogP contribution in [0.1, 0.15) is 194 Å². The first-order valence-corrected chi connectivity index (χ1v) is 25.1. The molecule has 0 aromatic carbocycles. The monoisotopic (exact) mass is 877 g/mol. The normalized spacial score (nSPS) is 19.5. The van der Waals surface area contributed by atoms with Crippen LogP contribution < -0.4 is 0 Å². The molecule has 60 heavy (non-hydrogen) atoms. The van der Waals surface area contributed by atoms with Crippen molar-refractivity contribution in [1.29, 1.82) is 0 Å². The summed E-state index contributed by atoms with van der Waals surface area (Å²) in [6, 6.07) is 0. The predicted molar refractivity (Wildman–Crippen MR) is 234 cm³/mol. The number of ether oxygens (including phenoxy) is 2. The summed E-state index contributed by atoms with van der Waals surface area (Å²) >= 11 is 0. The Labute approximate surface area is 362 Å². The van der Waals surface area contributed by atoms with Crippen LogP contribution in [0.2, 0.25) is 0 Å². The Balaban J connectivity index is 2.39. The van der Waals surface area contributed by atoms with Crippen LogP contribution in [0.5, 0.6) is 0 Å². The van der Waals surface area contributed by atoms with E-state index in [1.807, 2.05) is 0 Å². The maximum absolute atomic E-state index is 12.7. The number of ketones is 1. The van der Waals surface area contributed by atoms with Crippen LogP contribution in [0.3, 0.4) is 0 Å². The van der Waals surface area contributed by atoms with Gasteiger partial charge in [0, 0.05) is 31.1 Å². The fourth-order valence-corrected chi connectivity index (χ4v) is 8.34. The molecule has 1 rings (SSSR count). The number of carbonyl (C=O) groups is 3. The summed E-state index contributed by atoms with van der Waals surface area (Å²) in [5, 5.41) is 39.1. The van der Waals surface area contributed by atoms with Crippen LogP contribution in [0.15, 0.2) is 12.2 Å². The van der Waals surface area contributed by atoms with Crippen molar-refractivity contribution >= 4 is 25.5 Å². The van der Waals surface area contributed by atoms with E-state index < -0.39 is 70.6 Å². The van der Waals surface area contributed by atoms with Crippen LogP contribution in [-0.2, 0) is 37.5 Å². The summed E-state index contributed by atoms with van der Waals surface area (Å²) in [6.07, 6.45) is 25.1. The molecule has 0 heterocycles. The van der Waals surface area contributed by atoms with Crippen LogP contribution in [-0.4, -0.2) is 93.9 Å². The zero-order chi connectivity index (χ0) is 44.4. The summed E-state index contributed by atoms with van der Waals surface area (Å²) in [7, 11) is -4.68. The van der Waals surface area contributed by atoms with Gasteiger partial charge < -0.3 is 34.8 Å². The third kappa shape index (κ3) is 30.4. The van der Waals surface area contributed by atoms with E-state index in [-0.39, 0.29) is 36.9 Å². The predicted octanol–water partition coefficient (Wildman–Crippen LogP) is 9.23. The van der Waals surface area contributed by atoms with Crippen LogP contribution >= 0.6 is 7.82 Å². The Kier molecular flexibility index (Phi) is 33.5. The third-order valence-electron chi connectivity index (χ3n) is 11.2. The maximum Gasteiger partial charge on any atom is 0.472 e. The molecule has 1 aliphatic carbocycles. The highest BCUT2D eigenvalue weighted by atomic mass is 31.2. The van der Waals surface area contributed by atoms with E-state index in [9.17, 15) is 39.2 Å². The lowest BCUT2D eigenvalue weighted by atomic mass is 9.88. The minimum Gasteiger partial charge on any atom is -0.462 e. The smallest absolute Gasteiger partial charge is 0.462 e. The van der Waals surface area contributed by atoms with Crippen molar-refractivity contribution < 1.29 is 62.8 Å². The lowest BCUT2D eigenvalue weighted by Crippen LogP contribution is -2.29. The first-order valence-electron chi connectivity index (χ1n) is 23.6. The Bertz CT molecular complexity index is 1180. The number of hydrogen-bond acceptors (Lipinski definition) is 12. The molecule has 1 fully saturated rings. The van der Waals surface area contributed by atoms with Crippen LogP contribution in [0.25, 0.3) is 0 Å². The Morgan fingerprint density at radius 1 is 0.733 bits per heavy atom. The van der Waals surface area contributed by atoms with Gasteiger partial charge in [0.05, 0.1) is 32.0 Å². The van der Waals surface area contributed by atoms with Crippen molar-refractivity contribution in [2.24, 2.45) is 17.8 Å². The molecule has 13 nitrogen and oxygen atoms in total. The summed E-state index contributed by atoms with van der Waals surface area (Å²) in [4.78, 5) is 47.9. The van der Waals surface area contributed by atoms with Gasteiger partial charge in [0.25, 0.3) is 0 Å². The Hall–Kier alpha value is -1.70. The van der Waals surface area contributed by atoms with Crippen molar-refractivity contribution in [3.63, 3.8) is 0 Å². The molecule has 0 radical (unpaired) electrons. The van der Waals surface area contributed by atoms with Gasteiger partial charge in [0.1, 0.15) is 18.5 Å². The van der Waals surface area contributed by atoms with Crippen molar-refractivity contribution in [2.45, 2.75) is 219 Å². The van der Waals surface area contributed by atoms with Gasteiger partial charge in [-0.25, -0.2) is 4.57 Å². The SMILES string of the molecule is CCCCC[C@H](O)/C=C/[C@H]1[C@H](O)CC(=O)[C@@H]1CCCCCCC(=O)OC[C@H](COP(=O)(O)OC[C@@H](O)CO)OC(=O)CCCCCCCCCCCCCCCCC(C)C. The highest BCUT2D eigenvalue weighted by molar-refractivity contribution is 7.47. The van der Waals surface area contributed by atoms with Crippen molar-refractivity contribution in [3.8, 4) is 0 Å². The number of hydrogen-bond donors (Lipinski definition) is 5. The van der Waals surface area contributed by atoms with E-state index in [4.69, 9.17) is 19.1 Å². The zero-order valence-electron chi connectivity index (χ0n) is 37.6. The van der Waals surface area contributed by atoms with Gasteiger partial charge in [-0.3, -0.25) is 23.4 Å². The quantitative estimate of drug-likeness (QED) is 0.0169. The molecule has 0 aromatic rings. The largest absolute Gasteiger partial charge is 0.472 e. The van der Waals surface area contributed by atoms with E-state index in [0.717, 1.165) is 57.3 Å². The highest BCUT2D eigenvalue weighted by Crippen LogP contribution is 2.43. The molecule has 0 spiro atoms. The molecule has 7 atom stereocenters. The molecule has 1 unspecified atom stereocenters. The number of unbranched alkanes of at least 4 members (excludes halogenated alkanes) is 18. The minimum atomic E-state index is -4.68. The summed E-state index contributed by atoms with van der Waals surface area (Å²) < 4.78 is 32.8. The molecule has 0 saturated heterocycles. The average molecular weight is 877 g/mol. The fourth-order valence-electron chi connectivity index (χ4n) is 7.55. The molecule has 352 valence electrons. The molecule has 0 aliphatic heterocycles. The van der Waals surface area contributed by atoms with E-state index in [0.29, 0.717) is 32.1 Å². The molecule has 0 amide bonds. The van der Waals surface area contributed by atoms with E-state index in [1.54, 1.807) is 12.2 Å². The molecule has 5 N–H and O–H groups in total. The van der Waals surface area contributed by atoms with E-state index >= 15 is 0 Å². The summed E-state index contributed by atoms with van der Waals surface area (Å²) in [6.45, 7) is 4.36. The maximum atomic E-state index is 12.7. The standard InChI is InChI=1S/C46H85O13P/c1-4-5-20-26-38(48)30-31-42-41(43(50)32-44(42)51)27-22-18-19-23-28-45(52)56-35-40(36-58-60(54,55)57-34-39(49)33-47)59-46(53)29-24-17-15-13-11-9-7-6-8-10-12-14-16-21-25-37(2)3/h30-31,37-42,44,47-49,51H,4-29,32-36H2,1-3H3,(H,54,55)/b31-30+/t38-,39-,40+,41+,42+,44+/m0/s1. The lowest BCUT2D eigenvalue weighted by Gasteiger charge is -2.20. The number of phosphoric ester groups is 1. The number of aliphatic hydroxyl groups excluding tert-OH is 4. The third-order valence-corrected chi connectivity index (χ3v) is 12.2. The van der Waals surface area contributed by atoms with E-state index in [1.165, 1.54) is 70.6 Å². The zero-order valence-corrected chi connectivity index (χ0v) is 38.5. The number of aliphatic hydroxyl groups is 4. The first-order chi connectivity index (χ1) is 28.8. The average Bonchev–Trinajstić information content (AvgIpc) is 3.48. The fraction of sp³-hybridized carbons (Fsp3) is 0.891. The molecule has 0 aromatic heterocycles. The molecule has 14 heteroatoms. The van der Waals surface area contributed by atoms with Gasteiger partial charge in [-0.1, -0.05) is 161 Å². The second-order valence-corrected chi connectivity index (χ2v) is 18.8. The van der Waals surface area contributed by atoms with Gasteiger partial charge >= 0.3 is 19.8 Å². The van der Waals surface area contributed by atoms with Crippen LogP contribution in [0, 0.1) is 17.8 Å². The second kappa shape index (κ2) is 35.7. The van der Waals surface area contributed by atoms with Gasteiger partial charge in [-0.15, -0.1) is 0 Å². The Morgan fingerprint density at radius 2 is 1.25 bits per heavy atom. The second-order valence-electron chi connectivity index (χ2n) is 17.4. The van der Waals surface area contributed by atoms with Crippen molar-refractivity contribution in [1.82, 2.24) is 0 Å². The number of Topliss-reactive ketones (excluding diaryl/α,β-unsaturated/α-hetero) is 1. The number of carbonyl (C=O) groups excluding carboxylic acids is 3. The molecule has 1 aliphatic rings. The summed E-state index contributed by atoms with van der Waals surface area (Å²) in [5.74, 6) is -0.836. The van der Waals surface area contributed by atoms with Crippen molar-refractivity contribution in [2.75, 3.05) is 26.4 Å². The minimum absolute atomic E-state index is 0.0344. The van der Waals surface area contributed by atoms with Gasteiger partial charge in [0.2, 0.25) is 0 Å². The van der Waals surface area contributed by atoms with E-state index in [2.05, 4.69) is 25.3 Å². The number of esters is 2. The molecule has 0 bridgehead atoms. The van der Waals surface area contributed by atoms with Gasteiger partial charge in [-0.2, -0.15) is 0 Å². The van der Waals surface area contributed by atoms with Gasteiger partial charge in [0.15, 0.2) is 6.10 Å².